The first kappa shape index (κ1) is 15.3. The summed E-state index contributed by atoms with van der Waals surface area (Å²) in [5.41, 5.74) is 3.76. The number of hydrogen-bond acceptors (Lipinski definition) is 3. The van der Waals surface area contributed by atoms with Crippen LogP contribution in [0.2, 0.25) is 0 Å². The van der Waals surface area contributed by atoms with Gasteiger partial charge in [0.15, 0.2) is 0 Å². The van der Waals surface area contributed by atoms with Gasteiger partial charge in [-0.1, -0.05) is 18.2 Å². The van der Waals surface area contributed by atoms with Gasteiger partial charge >= 0.3 is 0 Å². The van der Waals surface area contributed by atoms with Gasteiger partial charge < -0.3 is 4.57 Å². The van der Waals surface area contributed by atoms with Crippen LogP contribution in [0.1, 0.15) is 35.7 Å². The fourth-order valence-electron chi connectivity index (χ4n) is 3.93. The minimum Gasteiger partial charge on any atom is -0.338 e. The van der Waals surface area contributed by atoms with Gasteiger partial charge in [-0.25, -0.2) is 4.98 Å². The predicted molar refractivity (Wildman–Crippen MR) is 96.9 cm³/mol. The third-order valence-corrected chi connectivity index (χ3v) is 5.18. The van der Waals surface area contributed by atoms with E-state index in [1.54, 1.807) is 0 Å². The molecule has 0 radical (unpaired) electrons. The van der Waals surface area contributed by atoms with Crippen molar-refractivity contribution in [2.45, 2.75) is 32.2 Å². The second kappa shape index (κ2) is 6.36. The summed E-state index contributed by atoms with van der Waals surface area (Å²) in [6.07, 6.45) is 8.31. The normalized spacial score (nSPS) is 19.0. The van der Waals surface area contributed by atoms with E-state index in [1.807, 2.05) is 24.7 Å². The van der Waals surface area contributed by atoms with Crippen LogP contribution in [0.5, 0.6) is 0 Å². The van der Waals surface area contributed by atoms with Gasteiger partial charge in [0.05, 0.1) is 5.52 Å². The van der Waals surface area contributed by atoms with E-state index in [4.69, 9.17) is 0 Å². The maximum atomic E-state index is 4.57. The second-order valence-corrected chi connectivity index (χ2v) is 6.91. The van der Waals surface area contributed by atoms with Crippen LogP contribution in [0.25, 0.3) is 10.9 Å². The molecule has 2 aromatic heterocycles. The van der Waals surface area contributed by atoms with Crippen LogP contribution in [-0.4, -0.2) is 32.5 Å². The third-order valence-electron chi connectivity index (χ3n) is 5.18. The highest BCUT2D eigenvalue weighted by molar-refractivity contribution is 5.84. The molecule has 1 aliphatic heterocycles. The smallest absolute Gasteiger partial charge is 0.112 e. The number of likely N-dealkylation sites (tertiary alicyclic amines) is 1. The molecule has 4 rings (SSSR count). The SMILES string of the molecule is Cc1ccc(CN2CCCC(c3nccn3C)C2)c2cccnc12. The fourth-order valence-corrected chi connectivity index (χ4v) is 3.93. The van der Waals surface area contributed by atoms with E-state index in [9.17, 15) is 0 Å². The van der Waals surface area contributed by atoms with Gasteiger partial charge in [-0.15, -0.1) is 0 Å². The molecular formula is C20H24N4. The molecule has 1 aliphatic rings. The van der Waals surface area contributed by atoms with Crippen molar-refractivity contribution < 1.29 is 0 Å². The molecule has 1 saturated heterocycles. The number of imidazole rings is 1. The number of hydrogen-bond donors (Lipinski definition) is 0. The zero-order valence-electron chi connectivity index (χ0n) is 14.4. The Morgan fingerprint density at radius 3 is 2.92 bits per heavy atom. The molecule has 1 atom stereocenters. The molecule has 1 aromatic carbocycles. The standard InChI is InChI=1S/C20H24N4/c1-15-7-8-16(18-6-3-9-21-19(15)18)13-24-11-4-5-17(14-24)20-22-10-12-23(20)2/h3,6-10,12,17H,4-5,11,13-14H2,1-2H3. The number of pyridine rings is 1. The lowest BCUT2D eigenvalue weighted by Gasteiger charge is -2.32. The van der Waals surface area contributed by atoms with Gasteiger partial charge in [-0.3, -0.25) is 9.88 Å². The van der Waals surface area contributed by atoms with Crippen LogP contribution in [0.3, 0.4) is 0 Å². The Morgan fingerprint density at radius 1 is 1.17 bits per heavy atom. The van der Waals surface area contributed by atoms with Crippen molar-refractivity contribution >= 4 is 10.9 Å². The van der Waals surface area contributed by atoms with E-state index in [2.05, 4.69) is 51.6 Å². The Kier molecular flexibility index (Phi) is 4.07. The van der Waals surface area contributed by atoms with Gasteiger partial charge in [0.1, 0.15) is 5.82 Å². The number of aryl methyl sites for hydroxylation is 2. The zero-order valence-corrected chi connectivity index (χ0v) is 14.4. The molecule has 4 nitrogen and oxygen atoms in total. The van der Waals surface area contributed by atoms with E-state index in [1.165, 1.54) is 35.2 Å². The molecule has 0 N–H and O–H groups in total. The first-order valence-electron chi connectivity index (χ1n) is 8.75. The lowest BCUT2D eigenvalue weighted by Crippen LogP contribution is -2.34. The lowest BCUT2D eigenvalue weighted by molar-refractivity contribution is 0.196. The minimum absolute atomic E-state index is 0.536. The van der Waals surface area contributed by atoms with E-state index < -0.39 is 0 Å². The maximum absolute atomic E-state index is 4.57. The first-order chi connectivity index (χ1) is 11.7. The van der Waals surface area contributed by atoms with E-state index in [-0.39, 0.29) is 0 Å². The Morgan fingerprint density at radius 2 is 2.08 bits per heavy atom. The molecule has 0 amide bonds. The fraction of sp³-hybridized carbons (Fsp3) is 0.400. The lowest BCUT2D eigenvalue weighted by atomic mass is 9.96. The largest absolute Gasteiger partial charge is 0.338 e. The van der Waals surface area contributed by atoms with Crippen LogP contribution in [0.4, 0.5) is 0 Å². The summed E-state index contributed by atoms with van der Waals surface area (Å²) in [6.45, 7) is 5.37. The van der Waals surface area contributed by atoms with Gasteiger partial charge in [0.25, 0.3) is 0 Å². The minimum atomic E-state index is 0.536. The Hall–Kier alpha value is -2.20. The van der Waals surface area contributed by atoms with Crippen molar-refractivity contribution in [1.82, 2.24) is 19.4 Å². The van der Waals surface area contributed by atoms with Crippen LogP contribution < -0.4 is 0 Å². The number of fused-ring (bicyclic) bond motifs is 1. The summed E-state index contributed by atoms with van der Waals surface area (Å²) in [7, 11) is 2.10. The highest BCUT2D eigenvalue weighted by Gasteiger charge is 2.24. The molecule has 4 heteroatoms. The van der Waals surface area contributed by atoms with E-state index in [0.29, 0.717) is 5.92 Å². The molecule has 0 bridgehead atoms. The quantitative estimate of drug-likeness (QED) is 0.738. The summed E-state index contributed by atoms with van der Waals surface area (Å²) in [6, 6.07) is 8.71. The summed E-state index contributed by atoms with van der Waals surface area (Å²) < 4.78 is 2.17. The van der Waals surface area contributed by atoms with Gasteiger partial charge in [-0.2, -0.15) is 0 Å². The number of piperidine rings is 1. The molecular weight excluding hydrogens is 296 g/mol. The number of rotatable bonds is 3. The average molecular weight is 320 g/mol. The van der Waals surface area contributed by atoms with Crippen LogP contribution >= 0.6 is 0 Å². The maximum Gasteiger partial charge on any atom is 0.112 e. The van der Waals surface area contributed by atoms with Crippen LogP contribution in [0.15, 0.2) is 42.9 Å². The van der Waals surface area contributed by atoms with Crippen LogP contribution in [0, 0.1) is 6.92 Å². The van der Waals surface area contributed by atoms with Gasteiger partial charge in [-0.05, 0) is 43.5 Å². The number of benzene rings is 1. The number of nitrogens with zero attached hydrogens (tertiary/aromatic N) is 4. The first-order valence-corrected chi connectivity index (χ1v) is 8.75. The molecule has 3 heterocycles. The van der Waals surface area contributed by atoms with E-state index >= 15 is 0 Å². The Bertz CT molecular complexity index is 852. The molecule has 3 aromatic rings. The predicted octanol–water partition coefficient (Wildman–Crippen LogP) is 3.66. The topological polar surface area (TPSA) is 34.0 Å². The summed E-state index contributed by atoms with van der Waals surface area (Å²) in [4.78, 5) is 11.7. The summed E-state index contributed by atoms with van der Waals surface area (Å²) in [5.74, 6) is 1.75. The van der Waals surface area contributed by atoms with Crippen molar-refractivity contribution in [2.75, 3.05) is 13.1 Å². The van der Waals surface area contributed by atoms with Gasteiger partial charge in [0.2, 0.25) is 0 Å². The second-order valence-electron chi connectivity index (χ2n) is 6.91. The molecule has 1 fully saturated rings. The molecule has 124 valence electrons. The Labute approximate surface area is 143 Å². The monoisotopic (exact) mass is 320 g/mol. The number of aromatic nitrogens is 3. The molecule has 1 unspecified atom stereocenters. The van der Waals surface area contributed by atoms with Crippen molar-refractivity contribution in [1.29, 1.82) is 0 Å². The average Bonchev–Trinajstić information content (AvgIpc) is 3.04. The molecule has 0 saturated carbocycles. The highest BCUT2D eigenvalue weighted by atomic mass is 15.1. The van der Waals surface area contributed by atoms with Gasteiger partial charge in [0, 0.05) is 50.0 Å². The summed E-state index contributed by atoms with van der Waals surface area (Å²) >= 11 is 0. The highest BCUT2D eigenvalue weighted by Crippen LogP contribution is 2.28. The van der Waals surface area contributed by atoms with Crippen molar-refractivity contribution in [3.63, 3.8) is 0 Å². The zero-order chi connectivity index (χ0) is 16.5. The molecule has 24 heavy (non-hydrogen) atoms. The van der Waals surface area contributed by atoms with Crippen molar-refractivity contribution in [3.8, 4) is 0 Å². The van der Waals surface area contributed by atoms with E-state index in [0.717, 1.165) is 25.2 Å². The van der Waals surface area contributed by atoms with Crippen molar-refractivity contribution in [3.05, 3.63) is 59.8 Å². The molecule has 0 aliphatic carbocycles. The van der Waals surface area contributed by atoms with Crippen LogP contribution in [-0.2, 0) is 13.6 Å². The summed E-state index contributed by atoms with van der Waals surface area (Å²) in [5, 5.41) is 1.29. The third kappa shape index (κ3) is 2.82. The molecule has 0 spiro atoms. The Balaban J connectivity index is 1.57. The van der Waals surface area contributed by atoms with Crippen molar-refractivity contribution in [2.24, 2.45) is 7.05 Å².